The molecule has 1 nitrogen and oxygen atoms in total. The van der Waals surface area contributed by atoms with Crippen LogP contribution < -0.4 is 0 Å². The SMILES string of the molecule is CCCCCCC/C=C\CCCCCCCCN(CCCCCCCCCCCCCCCC)C(C)(C)C. The van der Waals surface area contributed by atoms with E-state index in [1.54, 1.807) is 0 Å². The average molecular weight is 534 g/mol. The van der Waals surface area contributed by atoms with Gasteiger partial charge in [-0.1, -0.05) is 161 Å². The van der Waals surface area contributed by atoms with Gasteiger partial charge in [-0.3, -0.25) is 4.90 Å². The summed E-state index contributed by atoms with van der Waals surface area (Å²) < 4.78 is 0. The lowest BCUT2D eigenvalue weighted by Crippen LogP contribution is -2.42. The van der Waals surface area contributed by atoms with Crippen LogP contribution in [0.3, 0.4) is 0 Å². The van der Waals surface area contributed by atoms with Crippen LogP contribution in [-0.4, -0.2) is 23.5 Å². The van der Waals surface area contributed by atoms with Gasteiger partial charge in [0.25, 0.3) is 0 Å². The molecular weight excluding hydrogens is 458 g/mol. The summed E-state index contributed by atoms with van der Waals surface area (Å²) >= 11 is 0. The van der Waals surface area contributed by atoms with Crippen LogP contribution in [0.2, 0.25) is 0 Å². The highest BCUT2D eigenvalue weighted by Gasteiger charge is 2.19. The van der Waals surface area contributed by atoms with Gasteiger partial charge in [-0.25, -0.2) is 0 Å². The Labute approximate surface area is 243 Å². The Kier molecular flexibility index (Phi) is 29.4. The fraction of sp³-hybridized carbons (Fsp3) is 0.946. The van der Waals surface area contributed by atoms with Crippen molar-refractivity contribution in [2.75, 3.05) is 13.1 Å². The second kappa shape index (κ2) is 29.7. The van der Waals surface area contributed by atoms with Crippen LogP contribution in [0.5, 0.6) is 0 Å². The van der Waals surface area contributed by atoms with Crippen LogP contribution in [0.1, 0.15) is 208 Å². The molecule has 0 radical (unpaired) electrons. The summed E-state index contributed by atoms with van der Waals surface area (Å²) in [4.78, 5) is 2.76. The van der Waals surface area contributed by atoms with Gasteiger partial charge in [-0.15, -0.1) is 0 Å². The fourth-order valence-electron chi connectivity index (χ4n) is 5.65. The Morgan fingerprint density at radius 3 is 0.921 bits per heavy atom. The van der Waals surface area contributed by atoms with Gasteiger partial charge in [0.1, 0.15) is 0 Å². The van der Waals surface area contributed by atoms with Crippen LogP contribution in [0.4, 0.5) is 0 Å². The van der Waals surface area contributed by atoms with Gasteiger partial charge >= 0.3 is 0 Å². The van der Waals surface area contributed by atoms with Gasteiger partial charge in [-0.2, -0.15) is 0 Å². The molecule has 0 aliphatic carbocycles. The van der Waals surface area contributed by atoms with Crippen molar-refractivity contribution in [3.8, 4) is 0 Å². The number of nitrogens with zero attached hydrogens (tertiary/aromatic N) is 1. The number of hydrogen-bond acceptors (Lipinski definition) is 1. The van der Waals surface area contributed by atoms with Gasteiger partial charge in [0, 0.05) is 5.54 Å². The summed E-state index contributed by atoms with van der Waals surface area (Å²) in [6.45, 7) is 14.4. The first kappa shape index (κ1) is 37.7. The Morgan fingerprint density at radius 1 is 0.368 bits per heavy atom. The predicted molar refractivity (Wildman–Crippen MR) is 176 cm³/mol. The smallest absolute Gasteiger partial charge is 0.0125 e. The zero-order valence-electron chi connectivity index (χ0n) is 27.6. The highest BCUT2D eigenvalue weighted by atomic mass is 15.2. The maximum atomic E-state index is 2.76. The molecule has 38 heavy (non-hydrogen) atoms. The maximum Gasteiger partial charge on any atom is 0.0125 e. The summed E-state index contributed by atoms with van der Waals surface area (Å²) in [5.41, 5.74) is 0.318. The third-order valence-electron chi connectivity index (χ3n) is 8.42. The first-order chi connectivity index (χ1) is 18.5. The van der Waals surface area contributed by atoms with Crippen LogP contribution in [0.25, 0.3) is 0 Å². The summed E-state index contributed by atoms with van der Waals surface area (Å²) in [6.07, 6.45) is 43.2. The van der Waals surface area contributed by atoms with E-state index < -0.39 is 0 Å². The summed E-state index contributed by atoms with van der Waals surface area (Å²) in [7, 11) is 0. The summed E-state index contributed by atoms with van der Waals surface area (Å²) in [5, 5.41) is 0. The molecule has 0 atom stereocenters. The quantitative estimate of drug-likeness (QED) is 0.0655. The molecule has 0 spiro atoms. The highest BCUT2D eigenvalue weighted by molar-refractivity contribution is 4.81. The summed E-state index contributed by atoms with van der Waals surface area (Å²) in [5.74, 6) is 0. The van der Waals surface area contributed by atoms with Crippen molar-refractivity contribution in [2.45, 2.75) is 214 Å². The van der Waals surface area contributed by atoms with E-state index in [-0.39, 0.29) is 0 Å². The molecule has 0 bridgehead atoms. The molecule has 0 rings (SSSR count). The molecule has 0 aliphatic rings. The van der Waals surface area contributed by atoms with E-state index in [1.807, 2.05) is 0 Å². The van der Waals surface area contributed by atoms with E-state index in [2.05, 4.69) is 51.7 Å². The normalized spacial score (nSPS) is 12.4. The molecule has 0 N–H and O–H groups in total. The Morgan fingerprint density at radius 2 is 0.632 bits per heavy atom. The van der Waals surface area contributed by atoms with Crippen molar-refractivity contribution in [1.82, 2.24) is 4.90 Å². The van der Waals surface area contributed by atoms with Gasteiger partial charge in [0.15, 0.2) is 0 Å². The molecule has 0 amide bonds. The second-order valence-corrected chi connectivity index (χ2v) is 13.3. The first-order valence-electron chi connectivity index (χ1n) is 17.9. The van der Waals surface area contributed by atoms with Crippen LogP contribution in [0, 0.1) is 0 Å². The molecule has 0 aliphatic heterocycles. The van der Waals surface area contributed by atoms with Crippen molar-refractivity contribution < 1.29 is 0 Å². The molecule has 228 valence electrons. The molecular formula is C37H75N. The molecule has 0 fully saturated rings. The van der Waals surface area contributed by atoms with Gasteiger partial charge in [0.2, 0.25) is 0 Å². The number of hydrogen-bond donors (Lipinski definition) is 0. The minimum atomic E-state index is 0.318. The van der Waals surface area contributed by atoms with Crippen molar-refractivity contribution in [1.29, 1.82) is 0 Å². The van der Waals surface area contributed by atoms with Crippen molar-refractivity contribution in [3.63, 3.8) is 0 Å². The van der Waals surface area contributed by atoms with E-state index in [0.717, 1.165) is 0 Å². The lowest BCUT2D eigenvalue weighted by molar-refractivity contribution is 0.130. The molecule has 0 aromatic heterocycles. The monoisotopic (exact) mass is 534 g/mol. The fourth-order valence-corrected chi connectivity index (χ4v) is 5.65. The Hall–Kier alpha value is -0.300. The molecule has 0 heterocycles. The number of rotatable bonds is 30. The van der Waals surface area contributed by atoms with Gasteiger partial charge in [0.05, 0.1) is 0 Å². The first-order valence-corrected chi connectivity index (χ1v) is 17.9. The standard InChI is InChI=1S/C37H75N/c1-6-8-10-12-14-16-18-20-22-24-26-28-30-32-34-36-38(37(3,4)5)35-33-31-29-27-25-23-21-19-17-15-13-11-9-7-2/h18,20H,6-17,19,21-36H2,1-5H3/b20-18-. The minimum Gasteiger partial charge on any atom is -0.298 e. The summed E-state index contributed by atoms with van der Waals surface area (Å²) in [6, 6.07) is 0. The second-order valence-electron chi connectivity index (χ2n) is 13.3. The van der Waals surface area contributed by atoms with Crippen LogP contribution >= 0.6 is 0 Å². The van der Waals surface area contributed by atoms with Crippen molar-refractivity contribution in [3.05, 3.63) is 12.2 Å². The third kappa shape index (κ3) is 28.7. The van der Waals surface area contributed by atoms with E-state index >= 15 is 0 Å². The van der Waals surface area contributed by atoms with Gasteiger partial charge in [-0.05, 0) is 72.4 Å². The predicted octanol–water partition coefficient (Wildman–Crippen LogP) is 13.2. The number of allylic oxidation sites excluding steroid dienone is 2. The third-order valence-corrected chi connectivity index (χ3v) is 8.42. The van der Waals surface area contributed by atoms with Crippen LogP contribution in [0.15, 0.2) is 12.2 Å². The van der Waals surface area contributed by atoms with E-state index in [0.29, 0.717) is 5.54 Å². The van der Waals surface area contributed by atoms with Crippen molar-refractivity contribution in [2.24, 2.45) is 0 Å². The molecule has 1 heteroatoms. The molecule has 0 aromatic carbocycles. The highest BCUT2D eigenvalue weighted by Crippen LogP contribution is 2.18. The van der Waals surface area contributed by atoms with E-state index in [9.17, 15) is 0 Å². The van der Waals surface area contributed by atoms with Crippen LogP contribution in [-0.2, 0) is 0 Å². The van der Waals surface area contributed by atoms with Gasteiger partial charge < -0.3 is 0 Å². The minimum absolute atomic E-state index is 0.318. The van der Waals surface area contributed by atoms with Crippen molar-refractivity contribution >= 4 is 0 Å². The largest absolute Gasteiger partial charge is 0.298 e. The molecule has 0 unspecified atom stereocenters. The lowest BCUT2D eigenvalue weighted by atomic mass is 10.0. The van der Waals surface area contributed by atoms with E-state index in [1.165, 1.54) is 186 Å². The lowest BCUT2D eigenvalue weighted by Gasteiger charge is -2.36. The zero-order chi connectivity index (χ0) is 28.0. The molecule has 0 saturated carbocycles. The van der Waals surface area contributed by atoms with E-state index in [4.69, 9.17) is 0 Å². The molecule has 0 aromatic rings. The maximum absolute atomic E-state index is 2.76. The average Bonchev–Trinajstić information content (AvgIpc) is 2.89. The topological polar surface area (TPSA) is 3.24 Å². The Balaban J connectivity index is 3.56. The zero-order valence-corrected chi connectivity index (χ0v) is 27.6. The number of unbranched alkanes of at least 4 members (excludes halogenated alkanes) is 24. The Bertz CT molecular complexity index is 460. The molecule has 0 saturated heterocycles.